The first-order chi connectivity index (χ1) is 8.33. The van der Waals surface area contributed by atoms with E-state index in [0.29, 0.717) is 6.04 Å². The highest BCUT2D eigenvalue weighted by Gasteiger charge is 2.19. The fraction of sp³-hybridized carbons (Fsp3) is 0.455. The molecule has 0 amide bonds. The number of hydrogen-bond acceptors (Lipinski definition) is 5. The monoisotopic (exact) mass is 249 g/mol. The van der Waals surface area contributed by atoms with E-state index in [1.807, 2.05) is 11.4 Å². The van der Waals surface area contributed by atoms with Crippen molar-refractivity contribution in [1.82, 2.24) is 15.2 Å². The molecule has 2 aromatic heterocycles. The van der Waals surface area contributed by atoms with Crippen molar-refractivity contribution < 1.29 is 0 Å². The van der Waals surface area contributed by atoms with E-state index in [1.165, 1.54) is 0 Å². The molecule has 1 aliphatic heterocycles. The van der Waals surface area contributed by atoms with Crippen LogP contribution in [-0.4, -0.2) is 34.3 Å². The highest BCUT2D eigenvalue weighted by atomic mass is 32.1. The van der Waals surface area contributed by atoms with Gasteiger partial charge in [0, 0.05) is 30.1 Å². The zero-order valence-electron chi connectivity index (χ0n) is 9.47. The maximum Gasteiger partial charge on any atom is 0.245 e. The molecule has 2 aromatic rings. The number of hydrogen-bond donors (Lipinski definition) is 2. The number of H-pyrrole nitrogens is 1. The average Bonchev–Trinajstić information content (AvgIpc) is 3.00. The highest BCUT2D eigenvalue weighted by Crippen LogP contribution is 2.21. The van der Waals surface area contributed by atoms with E-state index in [1.54, 1.807) is 11.3 Å². The lowest BCUT2D eigenvalue weighted by atomic mass is 10.1. The molecule has 1 aliphatic rings. The first-order valence-corrected chi connectivity index (χ1v) is 6.73. The van der Waals surface area contributed by atoms with E-state index < -0.39 is 0 Å². The molecule has 0 spiro atoms. The number of nitrogens with two attached hydrogens (primary N) is 1. The summed E-state index contributed by atoms with van der Waals surface area (Å²) < 4.78 is 0. The van der Waals surface area contributed by atoms with Crippen molar-refractivity contribution in [2.24, 2.45) is 5.73 Å². The van der Waals surface area contributed by atoms with Crippen molar-refractivity contribution in [1.29, 1.82) is 0 Å². The minimum Gasteiger partial charge on any atom is -0.339 e. The topological polar surface area (TPSA) is 70.8 Å². The Labute approximate surface area is 104 Å². The summed E-state index contributed by atoms with van der Waals surface area (Å²) in [4.78, 5) is 6.72. The minimum absolute atomic E-state index is 0.335. The first kappa shape index (κ1) is 10.7. The summed E-state index contributed by atoms with van der Waals surface area (Å²) >= 11 is 1.66. The fourth-order valence-corrected chi connectivity index (χ4v) is 2.66. The Morgan fingerprint density at radius 3 is 2.94 bits per heavy atom. The van der Waals surface area contributed by atoms with E-state index in [4.69, 9.17) is 5.73 Å². The van der Waals surface area contributed by atoms with Crippen LogP contribution in [0.4, 0.5) is 5.95 Å². The molecule has 1 saturated heterocycles. The molecule has 3 N–H and O–H groups in total. The van der Waals surface area contributed by atoms with Crippen molar-refractivity contribution in [2.45, 2.75) is 18.9 Å². The smallest absolute Gasteiger partial charge is 0.245 e. The maximum absolute atomic E-state index is 5.88. The largest absolute Gasteiger partial charge is 0.339 e. The molecular formula is C11H15N5S. The molecule has 0 saturated carbocycles. The van der Waals surface area contributed by atoms with E-state index >= 15 is 0 Å². The van der Waals surface area contributed by atoms with Crippen LogP contribution < -0.4 is 10.6 Å². The first-order valence-electron chi connectivity index (χ1n) is 5.78. The molecule has 90 valence electrons. The number of aromatic nitrogens is 3. The minimum atomic E-state index is 0.335. The van der Waals surface area contributed by atoms with Crippen LogP contribution >= 0.6 is 11.3 Å². The van der Waals surface area contributed by atoms with Crippen molar-refractivity contribution in [3.63, 3.8) is 0 Å². The summed E-state index contributed by atoms with van der Waals surface area (Å²) in [6.07, 6.45) is 2.03. The molecule has 0 unspecified atom stereocenters. The van der Waals surface area contributed by atoms with Crippen molar-refractivity contribution in [3.8, 4) is 11.4 Å². The standard InChI is InChI=1S/C11H15N5S/c12-9-1-4-16(5-2-9)11-13-10(14-15-11)8-3-6-17-7-8/h3,6-7,9H,1-2,4-5,12H2,(H,13,14,15). The quantitative estimate of drug-likeness (QED) is 0.845. The Hall–Kier alpha value is -1.40. The molecule has 17 heavy (non-hydrogen) atoms. The van der Waals surface area contributed by atoms with Crippen LogP contribution in [0, 0.1) is 0 Å². The van der Waals surface area contributed by atoms with Crippen LogP contribution in [-0.2, 0) is 0 Å². The number of thiophene rings is 1. The zero-order chi connectivity index (χ0) is 11.7. The highest BCUT2D eigenvalue weighted by molar-refractivity contribution is 7.08. The van der Waals surface area contributed by atoms with Gasteiger partial charge in [-0.2, -0.15) is 16.3 Å². The number of nitrogens with zero attached hydrogens (tertiary/aromatic N) is 3. The van der Waals surface area contributed by atoms with Gasteiger partial charge in [-0.1, -0.05) is 0 Å². The SMILES string of the molecule is NC1CCN(c2n[nH]c(-c3ccsc3)n2)CC1. The van der Waals surface area contributed by atoms with Gasteiger partial charge in [0.1, 0.15) is 0 Å². The molecular weight excluding hydrogens is 234 g/mol. The molecule has 0 atom stereocenters. The van der Waals surface area contributed by atoms with E-state index in [2.05, 4.69) is 25.5 Å². The third-order valence-electron chi connectivity index (χ3n) is 3.09. The van der Waals surface area contributed by atoms with Crippen LogP contribution in [0.15, 0.2) is 16.8 Å². The molecule has 1 fully saturated rings. The van der Waals surface area contributed by atoms with Crippen LogP contribution in [0.5, 0.6) is 0 Å². The second-order valence-corrected chi connectivity index (χ2v) is 5.10. The lowest BCUT2D eigenvalue weighted by Crippen LogP contribution is -2.40. The van der Waals surface area contributed by atoms with Gasteiger partial charge in [-0.05, 0) is 24.3 Å². The third kappa shape index (κ3) is 2.18. The molecule has 3 heterocycles. The number of aromatic amines is 1. The summed E-state index contributed by atoms with van der Waals surface area (Å²) in [5.41, 5.74) is 6.98. The number of anilines is 1. The van der Waals surface area contributed by atoms with Gasteiger partial charge in [-0.15, -0.1) is 5.10 Å². The molecule has 3 rings (SSSR count). The van der Waals surface area contributed by atoms with Crippen LogP contribution in [0.2, 0.25) is 0 Å². The summed E-state index contributed by atoms with van der Waals surface area (Å²) in [5, 5.41) is 11.4. The van der Waals surface area contributed by atoms with E-state index in [0.717, 1.165) is 43.3 Å². The Morgan fingerprint density at radius 1 is 1.41 bits per heavy atom. The average molecular weight is 249 g/mol. The van der Waals surface area contributed by atoms with Gasteiger partial charge in [0.25, 0.3) is 0 Å². The summed E-state index contributed by atoms with van der Waals surface area (Å²) in [7, 11) is 0. The van der Waals surface area contributed by atoms with E-state index in [9.17, 15) is 0 Å². The second kappa shape index (κ2) is 4.46. The Bertz CT molecular complexity index is 470. The van der Waals surface area contributed by atoms with Gasteiger partial charge in [0.2, 0.25) is 5.95 Å². The Kier molecular flexibility index (Phi) is 2.82. The number of rotatable bonds is 2. The van der Waals surface area contributed by atoms with Crippen molar-refractivity contribution >= 4 is 17.3 Å². The summed E-state index contributed by atoms with van der Waals surface area (Å²) in [5.74, 6) is 1.63. The summed E-state index contributed by atoms with van der Waals surface area (Å²) in [6.45, 7) is 1.89. The number of piperidine rings is 1. The molecule has 0 bridgehead atoms. The predicted molar refractivity (Wildman–Crippen MR) is 69.1 cm³/mol. The molecule has 0 aromatic carbocycles. The van der Waals surface area contributed by atoms with Crippen LogP contribution in [0.1, 0.15) is 12.8 Å². The molecule has 0 aliphatic carbocycles. The van der Waals surface area contributed by atoms with Gasteiger partial charge in [0.15, 0.2) is 5.82 Å². The van der Waals surface area contributed by atoms with Crippen molar-refractivity contribution in [3.05, 3.63) is 16.8 Å². The molecule has 5 nitrogen and oxygen atoms in total. The van der Waals surface area contributed by atoms with Gasteiger partial charge in [-0.3, -0.25) is 5.10 Å². The second-order valence-electron chi connectivity index (χ2n) is 4.32. The van der Waals surface area contributed by atoms with Gasteiger partial charge in [0.05, 0.1) is 0 Å². The van der Waals surface area contributed by atoms with E-state index in [-0.39, 0.29) is 0 Å². The predicted octanol–water partition coefficient (Wildman–Crippen LogP) is 1.46. The lowest BCUT2D eigenvalue weighted by Gasteiger charge is -2.28. The van der Waals surface area contributed by atoms with Crippen molar-refractivity contribution in [2.75, 3.05) is 18.0 Å². The van der Waals surface area contributed by atoms with Gasteiger partial charge in [-0.25, -0.2) is 0 Å². The lowest BCUT2D eigenvalue weighted by molar-refractivity contribution is 0.496. The summed E-state index contributed by atoms with van der Waals surface area (Å²) in [6, 6.07) is 2.38. The van der Waals surface area contributed by atoms with Gasteiger partial charge < -0.3 is 10.6 Å². The van der Waals surface area contributed by atoms with Gasteiger partial charge >= 0.3 is 0 Å². The Morgan fingerprint density at radius 2 is 2.24 bits per heavy atom. The van der Waals surface area contributed by atoms with Crippen LogP contribution in [0.3, 0.4) is 0 Å². The zero-order valence-corrected chi connectivity index (χ0v) is 10.3. The number of nitrogens with one attached hydrogen (secondary N) is 1. The molecule has 6 heteroatoms. The maximum atomic E-state index is 5.88. The van der Waals surface area contributed by atoms with Crippen LogP contribution in [0.25, 0.3) is 11.4 Å². The third-order valence-corrected chi connectivity index (χ3v) is 3.77. The Balaban J connectivity index is 1.76. The molecule has 0 radical (unpaired) electrons. The fourth-order valence-electron chi connectivity index (χ4n) is 2.02. The normalized spacial score (nSPS) is 17.6.